The third kappa shape index (κ3) is 3.59. The molecule has 1 atom stereocenters. The van der Waals surface area contributed by atoms with Gasteiger partial charge >= 0.3 is 5.97 Å². The van der Waals surface area contributed by atoms with Gasteiger partial charge in [0.05, 0.1) is 5.75 Å². The summed E-state index contributed by atoms with van der Waals surface area (Å²) in [7, 11) is 0. The summed E-state index contributed by atoms with van der Waals surface area (Å²) in [6, 6.07) is 7.28. The van der Waals surface area contributed by atoms with Gasteiger partial charge in [-0.05, 0) is 56.3 Å². The Kier molecular flexibility index (Phi) is 5.15. The van der Waals surface area contributed by atoms with E-state index in [1.807, 2.05) is 31.2 Å². The SMILES string of the molecule is Cc1ccccc1SCC(=O)N1CC2(CCNCC2)CC1C(=O)O. The Hall–Kier alpha value is -1.53. The second-order valence-electron chi connectivity index (χ2n) is 6.88. The highest BCUT2D eigenvalue weighted by atomic mass is 32.2. The van der Waals surface area contributed by atoms with Crippen LogP contribution in [0.1, 0.15) is 24.8 Å². The van der Waals surface area contributed by atoms with Crippen molar-refractivity contribution in [3.05, 3.63) is 29.8 Å². The van der Waals surface area contributed by atoms with Gasteiger partial charge in [0.15, 0.2) is 0 Å². The van der Waals surface area contributed by atoms with Gasteiger partial charge in [0.1, 0.15) is 6.04 Å². The van der Waals surface area contributed by atoms with Crippen LogP contribution in [-0.2, 0) is 9.59 Å². The number of hydrogen-bond acceptors (Lipinski definition) is 4. The van der Waals surface area contributed by atoms with Crippen molar-refractivity contribution in [1.29, 1.82) is 0 Å². The number of rotatable bonds is 4. The molecule has 3 rings (SSSR count). The highest BCUT2D eigenvalue weighted by Gasteiger charge is 2.48. The highest BCUT2D eigenvalue weighted by Crippen LogP contribution is 2.42. The van der Waals surface area contributed by atoms with Crippen LogP contribution in [0.25, 0.3) is 0 Å². The van der Waals surface area contributed by atoms with Crippen molar-refractivity contribution >= 4 is 23.6 Å². The van der Waals surface area contributed by atoms with Gasteiger partial charge in [-0.2, -0.15) is 0 Å². The van der Waals surface area contributed by atoms with E-state index in [2.05, 4.69) is 5.32 Å². The molecule has 0 radical (unpaired) electrons. The Bertz CT molecular complexity index is 628. The molecule has 2 fully saturated rings. The minimum Gasteiger partial charge on any atom is -0.480 e. The molecule has 2 saturated heterocycles. The second-order valence-corrected chi connectivity index (χ2v) is 7.90. The van der Waals surface area contributed by atoms with Crippen molar-refractivity contribution in [3.8, 4) is 0 Å². The maximum absolute atomic E-state index is 12.7. The molecule has 6 heteroatoms. The molecule has 0 bridgehead atoms. The summed E-state index contributed by atoms with van der Waals surface area (Å²) < 4.78 is 0. The molecule has 2 heterocycles. The van der Waals surface area contributed by atoms with Gasteiger partial charge in [-0.3, -0.25) is 4.79 Å². The molecule has 0 aliphatic carbocycles. The third-order valence-electron chi connectivity index (χ3n) is 5.22. The van der Waals surface area contributed by atoms with E-state index in [1.165, 1.54) is 11.8 Å². The third-order valence-corrected chi connectivity index (χ3v) is 6.38. The molecule has 5 nitrogen and oxygen atoms in total. The van der Waals surface area contributed by atoms with Crippen LogP contribution in [0.4, 0.5) is 0 Å². The molecule has 2 aliphatic heterocycles. The van der Waals surface area contributed by atoms with E-state index < -0.39 is 12.0 Å². The number of aliphatic carboxylic acids is 1. The summed E-state index contributed by atoms with van der Waals surface area (Å²) >= 11 is 1.49. The topological polar surface area (TPSA) is 69.6 Å². The average Bonchev–Trinajstić information content (AvgIpc) is 2.94. The lowest BCUT2D eigenvalue weighted by Gasteiger charge is -2.33. The van der Waals surface area contributed by atoms with Crippen LogP contribution in [0, 0.1) is 12.3 Å². The van der Waals surface area contributed by atoms with Crippen LogP contribution in [0.15, 0.2) is 29.2 Å². The summed E-state index contributed by atoms with van der Waals surface area (Å²) in [6.45, 7) is 4.42. The van der Waals surface area contributed by atoms with E-state index in [0.29, 0.717) is 18.7 Å². The summed E-state index contributed by atoms with van der Waals surface area (Å²) in [5.41, 5.74) is 1.12. The highest BCUT2D eigenvalue weighted by molar-refractivity contribution is 8.00. The number of aryl methyl sites for hydroxylation is 1. The normalized spacial score (nSPS) is 22.7. The first-order valence-electron chi connectivity index (χ1n) is 8.42. The standard InChI is InChI=1S/C18H24N2O3S/c1-13-4-2-3-5-15(13)24-11-16(21)20-12-18(6-8-19-9-7-18)10-14(20)17(22)23/h2-5,14,19H,6-12H2,1H3,(H,22,23). The van der Waals surface area contributed by atoms with Crippen molar-refractivity contribution in [3.63, 3.8) is 0 Å². The largest absolute Gasteiger partial charge is 0.480 e. The second kappa shape index (κ2) is 7.15. The zero-order valence-corrected chi connectivity index (χ0v) is 14.8. The number of benzene rings is 1. The van der Waals surface area contributed by atoms with Crippen molar-refractivity contribution in [1.82, 2.24) is 10.2 Å². The first-order valence-corrected chi connectivity index (χ1v) is 9.41. The molecule has 1 aromatic rings. The number of nitrogens with one attached hydrogen (secondary N) is 1. The first-order chi connectivity index (χ1) is 11.5. The van der Waals surface area contributed by atoms with Gasteiger partial charge in [-0.15, -0.1) is 11.8 Å². The van der Waals surface area contributed by atoms with E-state index in [1.54, 1.807) is 4.90 Å². The smallest absolute Gasteiger partial charge is 0.326 e. The fourth-order valence-corrected chi connectivity index (χ4v) is 4.71. The van der Waals surface area contributed by atoms with Gasteiger partial charge < -0.3 is 15.3 Å². The van der Waals surface area contributed by atoms with Crippen molar-refractivity contribution in [2.75, 3.05) is 25.4 Å². The zero-order valence-electron chi connectivity index (χ0n) is 14.0. The van der Waals surface area contributed by atoms with Crippen LogP contribution in [-0.4, -0.2) is 53.3 Å². The minimum absolute atomic E-state index is 0.0166. The Morgan fingerprint density at radius 1 is 1.33 bits per heavy atom. The molecule has 130 valence electrons. The van der Waals surface area contributed by atoms with Gasteiger partial charge in [-0.1, -0.05) is 18.2 Å². The minimum atomic E-state index is -0.875. The Labute approximate surface area is 146 Å². The number of thioether (sulfide) groups is 1. The fourth-order valence-electron chi connectivity index (χ4n) is 3.80. The van der Waals surface area contributed by atoms with Crippen molar-refractivity contribution in [2.24, 2.45) is 5.41 Å². The number of carbonyl (C=O) groups is 2. The number of amides is 1. The van der Waals surface area contributed by atoms with Gasteiger partial charge in [0.25, 0.3) is 0 Å². The monoisotopic (exact) mass is 348 g/mol. The molecule has 2 N–H and O–H groups in total. The fraction of sp³-hybridized carbons (Fsp3) is 0.556. The number of carboxylic acid groups (broad SMARTS) is 1. The lowest BCUT2D eigenvalue weighted by atomic mass is 9.77. The van der Waals surface area contributed by atoms with Crippen LogP contribution in [0.5, 0.6) is 0 Å². The Morgan fingerprint density at radius 2 is 2.04 bits per heavy atom. The van der Waals surface area contributed by atoms with E-state index in [9.17, 15) is 14.7 Å². The van der Waals surface area contributed by atoms with Crippen LogP contribution in [0.3, 0.4) is 0 Å². The van der Waals surface area contributed by atoms with E-state index in [0.717, 1.165) is 36.4 Å². The lowest BCUT2D eigenvalue weighted by molar-refractivity contribution is -0.147. The molecule has 24 heavy (non-hydrogen) atoms. The van der Waals surface area contributed by atoms with Crippen molar-refractivity contribution in [2.45, 2.75) is 37.1 Å². The quantitative estimate of drug-likeness (QED) is 0.816. The maximum Gasteiger partial charge on any atom is 0.326 e. The molecule has 1 unspecified atom stereocenters. The van der Waals surface area contributed by atoms with Crippen LogP contribution < -0.4 is 5.32 Å². The predicted molar refractivity (Wildman–Crippen MR) is 94.2 cm³/mol. The Balaban J connectivity index is 1.68. The molecular formula is C18H24N2O3S. The first kappa shape index (κ1) is 17.3. The molecule has 2 aliphatic rings. The summed E-state index contributed by atoms with van der Waals surface area (Å²) in [4.78, 5) is 27.0. The predicted octanol–water partition coefficient (Wildman–Crippen LogP) is 2.14. The van der Waals surface area contributed by atoms with Crippen LogP contribution >= 0.6 is 11.8 Å². The van der Waals surface area contributed by atoms with Gasteiger partial charge in [0.2, 0.25) is 5.91 Å². The molecule has 1 amide bonds. The molecule has 1 spiro atoms. The zero-order chi connectivity index (χ0) is 17.2. The number of hydrogen-bond donors (Lipinski definition) is 2. The van der Waals surface area contributed by atoms with E-state index in [-0.39, 0.29) is 11.3 Å². The van der Waals surface area contributed by atoms with E-state index in [4.69, 9.17) is 0 Å². The van der Waals surface area contributed by atoms with Crippen LogP contribution in [0.2, 0.25) is 0 Å². The maximum atomic E-state index is 12.7. The number of carboxylic acids is 1. The number of carbonyl (C=O) groups excluding carboxylic acids is 1. The summed E-state index contributed by atoms with van der Waals surface area (Å²) in [6.07, 6.45) is 2.49. The lowest BCUT2D eigenvalue weighted by Crippen LogP contribution is -2.42. The molecule has 1 aromatic carbocycles. The Morgan fingerprint density at radius 3 is 2.71 bits per heavy atom. The number of nitrogens with zero attached hydrogens (tertiary/aromatic N) is 1. The molecule has 0 aromatic heterocycles. The molecular weight excluding hydrogens is 324 g/mol. The summed E-state index contributed by atoms with van der Waals surface area (Å²) in [5.74, 6) is -0.645. The van der Waals surface area contributed by atoms with E-state index >= 15 is 0 Å². The summed E-state index contributed by atoms with van der Waals surface area (Å²) in [5, 5.41) is 12.9. The van der Waals surface area contributed by atoms with Crippen molar-refractivity contribution < 1.29 is 14.7 Å². The number of piperidine rings is 1. The van der Waals surface area contributed by atoms with Gasteiger partial charge in [-0.25, -0.2) is 4.79 Å². The average molecular weight is 348 g/mol. The van der Waals surface area contributed by atoms with Gasteiger partial charge in [0, 0.05) is 11.4 Å². The molecule has 0 saturated carbocycles. The number of likely N-dealkylation sites (tertiary alicyclic amines) is 1.